The van der Waals surface area contributed by atoms with Gasteiger partial charge in [-0.3, -0.25) is 0 Å². The number of hydrogen-bond donors (Lipinski definition) is 1. The Morgan fingerprint density at radius 2 is 2.31 bits per heavy atom. The molecule has 16 heavy (non-hydrogen) atoms. The van der Waals surface area contributed by atoms with E-state index in [1.807, 2.05) is 6.07 Å². The summed E-state index contributed by atoms with van der Waals surface area (Å²) in [6.07, 6.45) is 1.58. The van der Waals surface area contributed by atoms with Crippen molar-refractivity contribution >= 4 is 5.69 Å². The van der Waals surface area contributed by atoms with E-state index < -0.39 is 0 Å². The summed E-state index contributed by atoms with van der Waals surface area (Å²) in [4.78, 5) is 0. The van der Waals surface area contributed by atoms with E-state index in [1.54, 1.807) is 6.26 Å². The number of benzene rings is 1. The fraction of sp³-hybridized carbons (Fsp3) is 0.250. The average molecular weight is 216 g/mol. The maximum atomic E-state index is 5.37. The molecule has 1 aliphatic rings. The SMILES string of the molecule is Cc1cc(-c2ccon2)cc2c1NCOC2. The summed E-state index contributed by atoms with van der Waals surface area (Å²) in [6, 6.07) is 6.06. The Morgan fingerprint density at radius 1 is 1.38 bits per heavy atom. The first-order chi connectivity index (χ1) is 7.84. The van der Waals surface area contributed by atoms with Gasteiger partial charge in [0.25, 0.3) is 0 Å². The van der Waals surface area contributed by atoms with Gasteiger partial charge in [-0.25, -0.2) is 0 Å². The monoisotopic (exact) mass is 216 g/mol. The van der Waals surface area contributed by atoms with Crippen LogP contribution in [0.1, 0.15) is 11.1 Å². The Balaban J connectivity index is 2.12. The number of aromatic nitrogens is 1. The van der Waals surface area contributed by atoms with Crippen LogP contribution in [0.5, 0.6) is 0 Å². The van der Waals surface area contributed by atoms with Gasteiger partial charge in [0.2, 0.25) is 0 Å². The minimum atomic E-state index is 0.581. The number of aryl methyl sites for hydroxylation is 1. The number of ether oxygens (including phenoxy) is 1. The van der Waals surface area contributed by atoms with E-state index in [2.05, 4.69) is 29.5 Å². The molecule has 0 saturated heterocycles. The van der Waals surface area contributed by atoms with Crippen molar-refractivity contribution in [1.29, 1.82) is 0 Å². The van der Waals surface area contributed by atoms with Gasteiger partial charge in [-0.2, -0.15) is 0 Å². The molecule has 2 heterocycles. The standard InChI is InChI=1S/C12H12N2O2/c1-8-4-9(11-2-3-16-14-11)5-10-6-15-7-13-12(8)10/h2-5,13H,6-7H2,1H3. The van der Waals surface area contributed by atoms with Crippen LogP contribution in [0.3, 0.4) is 0 Å². The molecule has 0 radical (unpaired) electrons. The molecule has 3 rings (SSSR count). The molecule has 0 amide bonds. The smallest absolute Gasteiger partial charge is 0.124 e. The van der Waals surface area contributed by atoms with Crippen molar-refractivity contribution in [3.63, 3.8) is 0 Å². The van der Waals surface area contributed by atoms with E-state index in [-0.39, 0.29) is 0 Å². The van der Waals surface area contributed by atoms with Gasteiger partial charge in [0.1, 0.15) is 18.7 Å². The normalized spacial score (nSPS) is 14.3. The third-order valence-corrected chi connectivity index (χ3v) is 2.76. The molecule has 1 aromatic carbocycles. The highest BCUT2D eigenvalue weighted by atomic mass is 16.5. The number of anilines is 1. The Morgan fingerprint density at radius 3 is 3.12 bits per heavy atom. The largest absolute Gasteiger partial charge is 0.364 e. The predicted octanol–water partition coefficient (Wildman–Crippen LogP) is 2.55. The van der Waals surface area contributed by atoms with E-state index in [1.165, 1.54) is 16.8 Å². The van der Waals surface area contributed by atoms with Crippen LogP contribution in [-0.4, -0.2) is 11.9 Å². The molecular weight excluding hydrogens is 204 g/mol. The van der Waals surface area contributed by atoms with Crippen molar-refractivity contribution in [2.24, 2.45) is 0 Å². The van der Waals surface area contributed by atoms with Crippen LogP contribution >= 0.6 is 0 Å². The van der Waals surface area contributed by atoms with E-state index in [0.29, 0.717) is 13.3 Å². The third kappa shape index (κ3) is 1.47. The molecular formula is C12H12N2O2. The van der Waals surface area contributed by atoms with Gasteiger partial charge in [0.05, 0.1) is 6.61 Å². The molecule has 0 bridgehead atoms. The first-order valence-electron chi connectivity index (χ1n) is 5.20. The van der Waals surface area contributed by atoms with Crippen LogP contribution in [0, 0.1) is 6.92 Å². The summed E-state index contributed by atoms with van der Waals surface area (Å²) in [7, 11) is 0. The number of rotatable bonds is 1. The Labute approximate surface area is 93.2 Å². The highest BCUT2D eigenvalue weighted by Crippen LogP contribution is 2.30. The molecule has 1 aromatic heterocycles. The van der Waals surface area contributed by atoms with Crippen molar-refractivity contribution in [3.8, 4) is 11.3 Å². The van der Waals surface area contributed by atoms with Crippen LogP contribution in [0.2, 0.25) is 0 Å². The van der Waals surface area contributed by atoms with Gasteiger partial charge in [-0.05, 0) is 24.6 Å². The number of fused-ring (bicyclic) bond motifs is 1. The summed E-state index contributed by atoms with van der Waals surface area (Å²) < 4.78 is 10.2. The molecule has 82 valence electrons. The fourth-order valence-corrected chi connectivity index (χ4v) is 2.02. The summed E-state index contributed by atoms with van der Waals surface area (Å²) in [5, 5.41) is 7.18. The highest BCUT2D eigenvalue weighted by molar-refractivity contribution is 5.69. The second kappa shape index (κ2) is 3.64. The lowest BCUT2D eigenvalue weighted by Crippen LogP contribution is -2.15. The number of hydrogen-bond acceptors (Lipinski definition) is 4. The van der Waals surface area contributed by atoms with E-state index in [0.717, 1.165) is 11.3 Å². The Hall–Kier alpha value is -1.81. The Kier molecular flexibility index (Phi) is 2.15. The molecule has 0 aliphatic carbocycles. The molecule has 4 nitrogen and oxygen atoms in total. The van der Waals surface area contributed by atoms with Gasteiger partial charge in [0.15, 0.2) is 0 Å². The lowest BCUT2D eigenvalue weighted by molar-refractivity contribution is 0.130. The summed E-state index contributed by atoms with van der Waals surface area (Å²) in [5.41, 5.74) is 5.48. The topological polar surface area (TPSA) is 47.3 Å². The molecule has 1 N–H and O–H groups in total. The molecule has 0 atom stereocenters. The van der Waals surface area contributed by atoms with Crippen LogP contribution in [-0.2, 0) is 11.3 Å². The molecule has 0 fully saturated rings. The quantitative estimate of drug-likeness (QED) is 0.795. The molecule has 4 heteroatoms. The lowest BCUT2D eigenvalue weighted by Gasteiger charge is -2.21. The molecule has 0 saturated carbocycles. The zero-order valence-corrected chi connectivity index (χ0v) is 8.99. The molecule has 2 aromatic rings. The summed E-state index contributed by atoms with van der Waals surface area (Å²) in [6.45, 7) is 3.31. The van der Waals surface area contributed by atoms with Gasteiger partial charge in [-0.1, -0.05) is 5.16 Å². The lowest BCUT2D eigenvalue weighted by atomic mass is 10.0. The second-order valence-corrected chi connectivity index (χ2v) is 3.88. The minimum Gasteiger partial charge on any atom is -0.364 e. The van der Waals surface area contributed by atoms with Gasteiger partial charge < -0.3 is 14.6 Å². The van der Waals surface area contributed by atoms with Gasteiger partial charge in [0, 0.05) is 22.9 Å². The molecule has 0 spiro atoms. The van der Waals surface area contributed by atoms with Crippen LogP contribution in [0.15, 0.2) is 29.0 Å². The molecule has 0 unspecified atom stereocenters. The second-order valence-electron chi connectivity index (χ2n) is 3.88. The third-order valence-electron chi connectivity index (χ3n) is 2.76. The predicted molar refractivity (Wildman–Crippen MR) is 60.0 cm³/mol. The van der Waals surface area contributed by atoms with Gasteiger partial charge >= 0.3 is 0 Å². The summed E-state index contributed by atoms with van der Waals surface area (Å²) >= 11 is 0. The van der Waals surface area contributed by atoms with Crippen LogP contribution in [0.4, 0.5) is 5.69 Å². The van der Waals surface area contributed by atoms with E-state index in [9.17, 15) is 0 Å². The maximum Gasteiger partial charge on any atom is 0.124 e. The minimum absolute atomic E-state index is 0.581. The van der Waals surface area contributed by atoms with Crippen molar-refractivity contribution < 1.29 is 9.26 Å². The van der Waals surface area contributed by atoms with Crippen LogP contribution < -0.4 is 5.32 Å². The highest BCUT2D eigenvalue weighted by Gasteiger charge is 2.13. The first-order valence-corrected chi connectivity index (χ1v) is 5.20. The average Bonchev–Trinajstić information content (AvgIpc) is 2.82. The zero-order chi connectivity index (χ0) is 11.0. The van der Waals surface area contributed by atoms with Gasteiger partial charge in [-0.15, -0.1) is 0 Å². The van der Waals surface area contributed by atoms with Crippen molar-refractivity contribution in [2.45, 2.75) is 13.5 Å². The van der Waals surface area contributed by atoms with Crippen molar-refractivity contribution in [3.05, 3.63) is 35.6 Å². The number of nitrogens with zero attached hydrogens (tertiary/aromatic N) is 1. The molecule has 1 aliphatic heterocycles. The van der Waals surface area contributed by atoms with E-state index in [4.69, 9.17) is 9.26 Å². The van der Waals surface area contributed by atoms with Crippen LogP contribution in [0.25, 0.3) is 11.3 Å². The Bertz CT molecular complexity index is 506. The maximum absolute atomic E-state index is 5.37. The van der Waals surface area contributed by atoms with E-state index >= 15 is 0 Å². The summed E-state index contributed by atoms with van der Waals surface area (Å²) in [5.74, 6) is 0. The zero-order valence-electron chi connectivity index (χ0n) is 8.99. The number of nitrogens with one attached hydrogen (secondary N) is 1. The van der Waals surface area contributed by atoms with Crippen molar-refractivity contribution in [2.75, 3.05) is 12.0 Å². The fourth-order valence-electron chi connectivity index (χ4n) is 2.02. The first kappa shape index (κ1) is 9.42. The van der Waals surface area contributed by atoms with Crippen molar-refractivity contribution in [1.82, 2.24) is 5.16 Å².